The molecule has 0 radical (unpaired) electrons. The largest absolute Gasteiger partial charge is 0.426 e. The van der Waals surface area contributed by atoms with Crippen LogP contribution < -0.4 is 4.74 Å². The summed E-state index contributed by atoms with van der Waals surface area (Å²) in [5.41, 5.74) is 1.02. The van der Waals surface area contributed by atoms with E-state index in [9.17, 15) is 4.79 Å². The van der Waals surface area contributed by atoms with Crippen molar-refractivity contribution in [2.45, 2.75) is 26.2 Å². The van der Waals surface area contributed by atoms with Crippen molar-refractivity contribution in [2.24, 2.45) is 0 Å². The third kappa shape index (κ3) is 3.34. The number of ether oxygens (including phenoxy) is 1. The van der Waals surface area contributed by atoms with Crippen LogP contribution in [0, 0.1) is 0 Å². The predicted octanol–water partition coefficient (Wildman–Crippen LogP) is 3.28. The zero-order chi connectivity index (χ0) is 11.5. The molecule has 0 atom stereocenters. The van der Waals surface area contributed by atoms with Gasteiger partial charge in [0.2, 0.25) is 0 Å². The number of hydrogen-bond donors (Lipinski definition) is 0. The van der Waals surface area contributed by atoms with Crippen LogP contribution in [-0.4, -0.2) is 11.3 Å². The lowest BCUT2D eigenvalue weighted by atomic mass is 9.86. The van der Waals surface area contributed by atoms with E-state index in [1.54, 1.807) is 0 Å². The SMILES string of the molecule is CC(C)(C)c1ccccc1OC(=O)CBr. The van der Waals surface area contributed by atoms with E-state index in [2.05, 4.69) is 36.7 Å². The Morgan fingerprint density at radius 1 is 1.33 bits per heavy atom. The van der Waals surface area contributed by atoms with Crippen LogP contribution in [0.1, 0.15) is 26.3 Å². The monoisotopic (exact) mass is 270 g/mol. The molecule has 1 aromatic carbocycles. The normalized spacial score (nSPS) is 11.2. The van der Waals surface area contributed by atoms with Gasteiger partial charge in [0, 0.05) is 5.56 Å². The molecule has 3 heteroatoms. The second-order valence-corrected chi connectivity index (χ2v) is 4.91. The van der Waals surface area contributed by atoms with E-state index in [1.165, 1.54) is 0 Å². The summed E-state index contributed by atoms with van der Waals surface area (Å²) >= 11 is 3.07. The molecule has 1 aromatic rings. The lowest BCUT2D eigenvalue weighted by Gasteiger charge is -2.21. The van der Waals surface area contributed by atoms with Gasteiger partial charge in [0.25, 0.3) is 0 Å². The molecule has 0 fully saturated rings. The van der Waals surface area contributed by atoms with Crippen LogP contribution in [0.3, 0.4) is 0 Å². The number of halogens is 1. The molecular weight excluding hydrogens is 256 g/mol. The Kier molecular flexibility index (Phi) is 3.91. The Balaban J connectivity index is 3.02. The minimum atomic E-state index is -0.272. The average molecular weight is 271 g/mol. The van der Waals surface area contributed by atoms with E-state index in [4.69, 9.17) is 4.74 Å². The van der Waals surface area contributed by atoms with Gasteiger partial charge in [0.15, 0.2) is 0 Å². The fraction of sp³-hybridized carbons (Fsp3) is 0.417. The molecule has 0 saturated carbocycles. The highest BCUT2D eigenvalue weighted by molar-refractivity contribution is 9.09. The van der Waals surface area contributed by atoms with Crippen molar-refractivity contribution < 1.29 is 9.53 Å². The average Bonchev–Trinajstić information content (AvgIpc) is 2.17. The summed E-state index contributed by atoms with van der Waals surface area (Å²) in [5.74, 6) is 0.376. The van der Waals surface area contributed by atoms with Gasteiger partial charge in [0.1, 0.15) is 11.1 Å². The summed E-state index contributed by atoms with van der Waals surface area (Å²) in [6.45, 7) is 6.27. The van der Waals surface area contributed by atoms with Crippen molar-refractivity contribution in [2.75, 3.05) is 5.33 Å². The topological polar surface area (TPSA) is 26.3 Å². The Morgan fingerprint density at radius 2 is 1.93 bits per heavy atom. The van der Waals surface area contributed by atoms with Gasteiger partial charge in [-0.1, -0.05) is 54.9 Å². The molecule has 0 amide bonds. The van der Waals surface area contributed by atoms with Crippen LogP contribution in [0.25, 0.3) is 0 Å². The number of hydrogen-bond acceptors (Lipinski definition) is 2. The fourth-order valence-corrected chi connectivity index (χ4v) is 1.44. The van der Waals surface area contributed by atoms with Crippen LogP contribution in [-0.2, 0) is 10.2 Å². The minimum Gasteiger partial charge on any atom is -0.426 e. The Morgan fingerprint density at radius 3 is 2.47 bits per heavy atom. The molecule has 0 heterocycles. The highest BCUT2D eigenvalue weighted by Crippen LogP contribution is 2.30. The van der Waals surface area contributed by atoms with Crippen LogP contribution in [0.4, 0.5) is 0 Å². The van der Waals surface area contributed by atoms with Gasteiger partial charge in [-0.05, 0) is 11.5 Å². The number of rotatable bonds is 2. The van der Waals surface area contributed by atoms with Crippen molar-refractivity contribution in [3.05, 3.63) is 29.8 Å². The Labute approximate surface area is 98.8 Å². The second-order valence-electron chi connectivity index (χ2n) is 4.35. The molecule has 0 spiro atoms. The van der Waals surface area contributed by atoms with Gasteiger partial charge in [-0.15, -0.1) is 0 Å². The standard InChI is InChI=1S/C12H15BrO2/c1-12(2,3)9-6-4-5-7-10(9)15-11(14)8-13/h4-7H,8H2,1-3H3. The lowest BCUT2D eigenvalue weighted by Crippen LogP contribution is -2.16. The second kappa shape index (κ2) is 4.79. The molecule has 0 aromatic heterocycles. The molecule has 0 aliphatic heterocycles. The van der Waals surface area contributed by atoms with E-state index < -0.39 is 0 Å². The van der Waals surface area contributed by atoms with Crippen molar-refractivity contribution in [3.63, 3.8) is 0 Å². The zero-order valence-electron chi connectivity index (χ0n) is 9.21. The number of alkyl halides is 1. The molecule has 0 aliphatic carbocycles. The molecule has 15 heavy (non-hydrogen) atoms. The fourth-order valence-electron chi connectivity index (χ4n) is 1.33. The van der Waals surface area contributed by atoms with E-state index in [-0.39, 0.29) is 16.7 Å². The van der Waals surface area contributed by atoms with E-state index in [1.807, 2.05) is 24.3 Å². The molecule has 0 aliphatic rings. The third-order valence-electron chi connectivity index (χ3n) is 2.03. The smallest absolute Gasteiger partial charge is 0.321 e. The van der Waals surface area contributed by atoms with Gasteiger partial charge in [0.05, 0.1) is 0 Å². The van der Waals surface area contributed by atoms with Crippen molar-refractivity contribution in [1.82, 2.24) is 0 Å². The maximum Gasteiger partial charge on any atom is 0.321 e. The molecular formula is C12H15BrO2. The van der Waals surface area contributed by atoms with Crippen molar-refractivity contribution in [3.8, 4) is 5.75 Å². The van der Waals surface area contributed by atoms with E-state index in [0.29, 0.717) is 5.75 Å². The molecule has 0 N–H and O–H groups in total. The van der Waals surface area contributed by atoms with Crippen LogP contribution in [0.15, 0.2) is 24.3 Å². The Hall–Kier alpha value is -0.830. The van der Waals surface area contributed by atoms with Gasteiger partial charge in [-0.3, -0.25) is 4.79 Å². The van der Waals surface area contributed by atoms with Crippen LogP contribution >= 0.6 is 15.9 Å². The first-order valence-corrected chi connectivity index (χ1v) is 5.93. The van der Waals surface area contributed by atoms with Gasteiger partial charge in [-0.25, -0.2) is 0 Å². The number of carbonyl (C=O) groups excluding carboxylic acids is 1. The number of benzene rings is 1. The maximum absolute atomic E-state index is 11.2. The summed E-state index contributed by atoms with van der Waals surface area (Å²) in [4.78, 5) is 11.2. The van der Waals surface area contributed by atoms with E-state index in [0.717, 1.165) is 5.56 Å². The predicted molar refractivity (Wildman–Crippen MR) is 64.6 cm³/mol. The minimum absolute atomic E-state index is 0.0246. The van der Waals surface area contributed by atoms with Gasteiger partial charge < -0.3 is 4.74 Å². The summed E-state index contributed by atoms with van der Waals surface area (Å²) in [5, 5.41) is 0.214. The first-order chi connectivity index (χ1) is 6.95. The Bertz CT molecular complexity index is 353. The summed E-state index contributed by atoms with van der Waals surface area (Å²) < 4.78 is 5.24. The third-order valence-corrected chi connectivity index (χ3v) is 2.49. The molecule has 82 valence electrons. The molecule has 1 rings (SSSR count). The van der Waals surface area contributed by atoms with Crippen molar-refractivity contribution >= 4 is 21.9 Å². The van der Waals surface area contributed by atoms with E-state index >= 15 is 0 Å². The molecule has 0 unspecified atom stereocenters. The molecule has 2 nitrogen and oxygen atoms in total. The number of para-hydroxylation sites is 1. The number of esters is 1. The maximum atomic E-state index is 11.2. The zero-order valence-corrected chi connectivity index (χ0v) is 10.8. The van der Waals surface area contributed by atoms with Gasteiger partial charge >= 0.3 is 5.97 Å². The molecule has 0 saturated heterocycles. The highest BCUT2D eigenvalue weighted by atomic mass is 79.9. The number of carbonyl (C=O) groups is 1. The lowest BCUT2D eigenvalue weighted by molar-refractivity contribution is -0.131. The summed E-state index contributed by atoms with van der Waals surface area (Å²) in [7, 11) is 0. The summed E-state index contributed by atoms with van der Waals surface area (Å²) in [6, 6.07) is 7.62. The summed E-state index contributed by atoms with van der Waals surface area (Å²) in [6.07, 6.45) is 0. The quantitative estimate of drug-likeness (QED) is 0.468. The molecule has 0 bridgehead atoms. The first-order valence-electron chi connectivity index (χ1n) is 4.81. The van der Waals surface area contributed by atoms with Crippen LogP contribution in [0.2, 0.25) is 0 Å². The van der Waals surface area contributed by atoms with Crippen molar-refractivity contribution in [1.29, 1.82) is 0 Å². The van der Waals surface area contributed by atoms with Gasteiger partial charge in [-0.2, -0.15) is 0 Å². The highest BCUT2D eigenvalue weighted by Gasteiger charge is 2.19. The van der Waals surface area contributed by atoms with Crippen LogP contribution in [0.5, 0.6) is 5.75 Å². The first kappa shape index (κ1) is 12.2.